The van der Waals surface area contributed by atoms with Crippen molar-refractivity contribution in [3.63, 3.8) is 0 Å². The van der Waals surface area contributed by atoms with Crippen molar-refractivity contribution < 1.29 is 19.0 Å². The van der Waals surface area contributed by atoms with Gasteiger partial charge in [0.1, 0.15) is 0 Å². The number of ether oxygens (including phenoxy) is 1. The van der Waals surface area contributed by atoms with Crippen LogP contribution in [0.3, 0.4) is 0 Å². The van der Waals surface area contributed by atoms with Crippen LogP contribution in [0.4, 0.5) is 0 Å². The highest BCUT2D eigenvalue weighted by atomic mass is 31.2. The molecule has 0 spiro atoms. The van der Waals surface area contributed by atoms with Crippen molar-refractivity contribution in [3.8, 4) is 0 Å². The second-order valence-electron chi connectivity index (χ2n) is 3.49. The molecule has 1 N–H and O–H groups in total. The summed E-state index contributed by atoms with van der Waals surface area (Å²) < 4.78 is 16.7. The van der Waals surface area contributed by atoms with Gasteiger partial charge in [-0.15, -0.1) is 0 Å². The van der Waals surface area contributed by atoms with Crippen molar-refractivity contribution in [1.29, 1.82) is 0 Å². The van der Waals surface area contributed by atoms with E-state index in [9.17, 15) is 14.3 Å². The van der Waals surface area contributed by atoms with E-state index in [-0.39, 0.29) is 12.8 Å². The van der Waals surface area contributed by atoms with E-state index < -0.39 is 13.3 Å². The fourth-order valence-electron chi connectivity index (χ4n) is 1.30. The Labute approximate surface area is 100 Å². The number of esters is 1. The van der Waals surface area contributed by atoms with Gasteiger partial charge >= 0.3 is 5.97 Å². The number of rotatable bonds is 6. The summed E-state index contributed by atoms with van der Waals surface area (Å²) in [7, 11) is -3.33. The van der Waals surface area contributed by atoms with Gasteiger partial charge in [0.25, 0.3) is 0 Å². The SMILES string of the molecule is C=CC(=O)OCCCP(=O)(O)c1ccccc1. The summed E-state index contributed by atoms with van der Waals surface area (Å²) in [5.41, 5.74) is 0. The first-order valence-electron chi connectivity index (χ1n) is 5.23. The Hall–Kier alpha value is -1.38. The van der Waals surface area contributed by atoms with E-state index in [0.29, 0.717) is 11.7 Å². The molecule has 0 bridgehead atoms. The topological polar surface area (TPSA) is 63.6 Å². The second kappa shape index (κ2) is 6.38. The molecule has 0 saturated carbocycles. The molecule has 1 aromatic carbocycles. The minimum Gasteiger partial charge on any atom is -0.463 e. The van der Waals surface area contributed by atoms with Crippen molar-refractivity contribution in [3.05, 3.63) is 43.0 Å². The van der Waals surface area contributed by atoms with Crippen LogP contribution in [0.2, 0.25) is 0 Å². The van der Waals surface area contributed by atoms with Gasteiger partial charge in [-0.1, -0.05) is 24.8 Å². The number of benzene rings is 1. The number of hydrogen-bond acceptors (Lipinski definition) is 3. The largest absolute Gasteiger partial charge is 0.463 e. The highest BCUT2D eigenvalue weighted by Crippen LogP contribution is 2.39. The minimum absolute atomic E-state index is 0.0986. The summed E-state index contributed by atoms with van der Waals surface area (Å²) in [4.78, 5) is 20.5. The summed E-state index contributed by atoms with van der Waals surface area (Å²) in [6.07, 6.45) is 1.51. The van der Waals surface area contributed by atoms with Gasteiger partial charge in [0, 0.05) is 17.5 Å². The fourth-order valence-corrected chi connectivity index (χ4v) is 2.75. The lowest BCUT2D eigenvalue weighted by Gasteiger charge is -2.11. The first-order valence-corrected chi connectivity index (χ1v) is 7.07. The lowest BCUT2D eigenvalue weighted by Crippen LogP contribution is -2.09. The predicted octanol–water partition coefficient (Wildman–Crippen LogP) is 1.70. The van der Waals surface area contributed by atoms with Crippen LogP contribution in [-0.2, 0) is 14.1 Å². The average molecular weight is 254 g/mol. The predicted molar refractivity (Wildman–Crippen MR) is 66.5 cm³/mol. The Bertz CT molecular complexity index is 427. The van der Waals surface area contributed by atoms with E-state index in [1.54, 1.807) is 30.3 Å². The van der Waals surface area contributed by atoms with Gasteiger partial charge < -0.3 is 9.63 Å². The highest BCUT2D eigenvalue weighted by Gasteiger charge is 2.20. The number of carbonyl (C=O) groups is 1. The van der Waals surface area contributed by atoms with Crippen molar-refractivity contribution in [1.82, 2.24) is 0 Å². The zero-order chi connectivity index (χ0) is 12.7. The molecule has 0 aliphatic heterocycles. The third-order valence-corrected chi connectivity index (χ3v) is 4.20. The molecule has 0 amide bonds. The Balaban J connectivity index is 2.43. The standard InChI is InChI=1S/C12H15O4P/c1-2-12(13)16-9-6-10-17(14,15)11-7-4-3-5-8-11/h2-5,7-8H,1,6,9-10H2,(H,14,15). The zero-order valence-electron chi connectivity index (χ0n) is 9.41. The second-order valence-corrected chi connectivity index (χ2v) is 5.85. The molecular weight excluding hydrogens is 239 g/mol. The van der Waals surface area contributed by atoms with E-state index in [4.69, 9.17) is 4.74 Å². The van der Waals surface area contributed by atoms with Crippen LogP contribution in [0, 0.1) is 0 Å². The molecule has 0 saturated heterocycles. The quantitative estimate of drug-likeness (QED) is 0.363. The highest BCUT2D eigenvalue weighted by molar-refractivity contribution is 7.66. The molecule has 0 aromatic heterocycles. The normalized spacial score (nSPS) is 13.7. The molecule has 0 aliphatic carbocycles. The Morgan fingerprint density at radius 1 is 1.41 bits per heavy atom. The third kappa shape index (κ3) is 4.55. The molecule has 0 fully saturated rings. The molecule has 1 atom stereocenters. The lowest BCUT2D eigenvalue weighted by molar-refractivity contribution is -0.137. The molecule has 0 aliphatic rings. The molecule has 1 rings (SSSR count). The minimum atomic E-state index is -3.33. The average Bonchev–Trinajstić information content (AvgIpc) is 2.35. The number of carbonyl (C=O) groups excluding carboxylic acids is 1. The molecule has 0 heterocycles. The van der Waals surface area contributed by atoms with E-state index in [2.05, 4.69) is 6.58 Å². The fraction of sp³-hybridized carbons (Fsp3) is 0.250. The zero-order valence-corrected chi connectivity index (χ0v) is 10.3. The Morgan fingerprint density at radius 2 is 2.06 bits per heavy atom. The van der Waals surface area contributed by atoms with E-state index in [1.165, 1.54) is 0 Å². The molecule has 17 heavy (non-hydrogen) atoms. The molecule has 1 aromatic rings. The Morgan fingerprint density at radius 3 is 2.65 bits per heavy atom. The van der Waals surface area contributed by atoms with Crippen LogP contribution in [0.15, 0.2) is 43.0 Å². The van der Waals surface area contributed by atoms with Crippen LogP contribution < -0.4 is 5.30 Å². The first kappa shape index (κ1) is 13.7. The maximum Gasteiger partial charge on any atom is 0.330 e. The van der Waals surface area contributed by atoms with Crippen molar-refractivity contribution >= 4 is 18.6 Å². The van der Waals surface area contributed by atoms with Crippen LogP contribution >= 0.6 is 7.37 Å². The van der Waals surface area contributed by atoms with Crippen molar-refractivity contribution in [2.24, 2.45) is 0 Å². The van der Waals surface area contributed by atoms with Gasteiger partial charge in [0.05, 0.1) is 6.61 Å². The molecule has 0 radical (unpaired) electrons. The van der Waals surface area contributed by atoms with Crippen LogP contribution in [-0.4, -0.2) is 23.6 Å². The summed E-state index contributed by atoms with van der Waals surface area (Å²) in [5, 5.41) is 0.426. The summed E-state index contributed by atoms with van der Waals surface area (Å²) >= 11 is 0. The molecule has 92 valence electrons. The monoisotopic (exact) mass is 254 g/mol. The number of hydrogen-bond donors (Lipinski definition) is 1. The summed E-state index contributed by atoms with van der Waals surface area (Å²) in [6.45, 7) is 3.38. The Kier molecular flexibility index (Phi) is 5.13. The maximum absolute atomic E-state index is 11.9. The van der Waals surface area contributed by atoms with Gasteiger partial charge in [0.15, 0.2) is 0 Å². The molecular formula is C12H15O4P. The van der Waals surface area contributed by atoms with Crippen LogP contribution in [0.1, 0.15) is 6.42 Å². The van der Waals surface area contributed by atoms with Crippen LogP contribution in [0.25, 0.3) is 0 Å². The van der Waals surface area contributed by atoms with E-state index >= 15 is 0 Å². The van der Waals surface area contributed by atoms with Gasteiger partial charge in [-0.3, -0.25) is 4.57 Å². The van der Waals surface area contributed by atoms with Crippen molar-refractivity contribution in [2.45, 2.75) is 6.42 Å². The third-order valence-electron chi connectivity index (χ3n) is 2.18. The molecule has 4 nitrogen and oxygen atoms in total. The van der Waals surface area contributed by atoms with Gasteiger partial charge in [-0.2, -0.15) is 0 Å². The van der Waals surface area contributed by atoms with Crippen molar-refractivity contribution in [2.75, 3.05) is 12.8 Å². The summed E-state index contributed by atoms with van der Waals surface area (Å²) in [6, 6.07) is 8.47. The molecule has 5 heteroatoms. The first-order chi connectivity index (χ1) is 8.06. The maximum atomic E-state index is 11.9. The van der Waals surface area contributed by atoms with Gasteiger partial charge in [0.2, 0.25) is 7.37 Å². The van der Waals surface area contributed by atoms with Gasteiger partial charge in [-0.05, 0) is 18.6 Å². The lowest BCUT2D eigenvalue weighted by atomic mass is 10.4. The smallest absolute Gasteiger partial charge is 0.330 e. The molecule has 1 unspecified atom stereocenters. The van der Waals surface area contributed by atoms with E-state index in [1.807, 2.05) is 0 Å². The van der Waals surface area contributed by atoms with E-state index in [0.717, 1.165) is 6.08 Å². The summed E-state index contributed by atoms with van der Waals surface area (Å²) in [5.74, 6) is -0.516. The van der Waals surface area contributed by atoms with Gasteiger partial charge in [-0.25, -0.2) is 4.79 Å². The van der Waals surface area contributed by atoms with Crippen LogP contribution in [0.5, 0.6) is 0 Å².